The number of rotatable bonds is 1. The summed E-state index contributed by atoms with van der Waals surface area (Å²) in [5.41, 5.74) is 7.38. The lowest BCUT2D eigenvalue weighted by Crippen LogP contribution is -2.49. The molecule has 1 aliphatic rings. The van der Waals surface area contributed by atoms with E-state index in [-0.39, 0.29) is 11.5 Å². The number of cyclic esters (lactones) is 1. The van der Waals surface area contributed by atoms with Gasteiger partial charge in [0.25, 0.3) is 0 Å². The van der Waals surface area contributed by atoms with Crippen LogP contribution in [0.3, 0.4) is 0 Å². The van der Waals surface area contributed by atoms with Crippen LogP contribution in [0, 0.1) is 0 Å². The van der Waals surface area contributed by atoms with Gasteiger partial charge in [-0.1, -0.05) is 19.1 Å². The van der Waals surface area contributed by atoms with Gasteiger partial charge < -0.3 is 15.4 Å². The third kappa shape index (κ3) is 1.83. The first-order chi connectivity index (χ1) is 7.51. The monoisotopic (exact) mass is 220 g/mol. The summed E-state index contributed by atoms with van der Waals surface area (Å²) in [7, 11) is 1.75. The average Bonchev–Trinajstić information content (AvgIpc) is 2.25. The molecule has 2 rings (SSSR count). The molecule has 86 valence electrons. The van der Waals surface area contributed by atoms with Crippen molar-refractivity contribution >= 4 is 11.8 Å². The Morgan fingerprint density at radius 3 is 2.56 bits per heavy atom. The maximum Gasteiger partial charge on any atom is 0.409 e. The molecule has 1 heterocycles. The van der Waals surface area contributed by atoms with Gasteiger partial charge in [-0.15, -0.1) is 0 Å². The van der Waals surface area contributed by atoms with Crippen molar-refractivity contribution in [3.8, 4) is 0 Å². The van der Waals surface area contributed by atoms with E-state index in [9.17, 15) is 4.79 Å². The topological polar surface area (TPSA) is 55.6 Å². The number of nitrogens with two attached hydrogens (primary N) is 1. The summed E-state index contributed by atoms with van der Waals surface area (Å²) in [5, 5.41) is 0. The summed E-state index contributed by atoms with van der Waals surface area (Å²) >= 11 is 0. The molecule has 16 heavy (non-hydrogen) atoms. The quantitative estimate of drug-likeness (QED) is 0.731. The molecule has 1 aliphatic heterocycles. The van der Waals surface area contributed by atoms with Crippen LogP contribution in [-0.4, -0.2) is 31.2 Å². The second-order valence-electron chi connectivity index (χ2n) is 4.59. The molecule has 1 unspecified atom stereocenters. The first kappa shape index (κ1) is 10.8. The second kappa shape index (κ2) is 3.70. The maximum absolute atomic E-state index is 11.3. The molecule has 1 aromatic rings. The van der Waals surface area contributed by atoms with Gasteiger partial charge in [0.15, 0.2) is 0 Å². The number of nitrogen functional groups attached to an aromatic ring is 1. The number of amides is 1. The lowest BCUT2D eigenvalue weighted by Gasteiger charge is -2.38. The molecule has 0 aliphatic carbocycles. The molecule has 0 saturated carbocycles. The zero-order valence-electron chi connectivity index (χ0n) is 9.56. The summed E-state index contributed by atoms with van der Waals surface area (Å²) < 4.78 is 5.15. The average molecular weight is 220 g/mol. The van der Waals surface area contributed by atoms with E-state index < -0.39 is 0 Å². The van der Waals surface area contributed by atoms with Gasteiger partial charge in [-0.05, 0) is 17.7 Å². The molecule has 0 spiro atoms. The summed E-state index contributed by atoms with van der Waals surface area (Å²) in [4.78, 5) is 12.8. The Labute approximate surface area is 95.0 Å². The fourth-order valence-corrected chi connectivity index (χ4v) is 2.02. The Balaban J connectivity index is 2.25. The second-order valence-corrected chi connectivity index (χ2v) is 4.59. The number of likely N-dealkylation sites (N-methyl/N-ethyl adjacent to an activating group) is 1. The SMILES string of the molecule is CN1CC(C)(c2ccc(N)cc2)COC1=O. The van der Waals surface area contributed by atoms with Crippen LogP contribution in [0.5, 0.6) is 0 Å². The largest absolute Gasteiger partial charge is 0.448 e. The van der Waals surface area contributed by atoms with Crippen molar-refractivity contribution in [1.29, 1.82) is 0 Å². The van der Waals surface area contributed by atoms with Crippen molar-refractivity contribution in [2.45, 2.75) is 12.3 Å². The molecule has 1 amide bonds. The Bertz CT molecular complexity index is 402. The first-order valence-corrected chi connectivity index (χ1v) is 5.25. The molecule has 1 aromatic carbocycles. The smallest absolute Gasteiger partial charge is 0.409 e. The third-order valence-electron chi connectivity index (χ3n) is 3.02. The van der Waals surface area contributed by atoms with Crippen molar-refractivity contribution in [3.63, 3.8) is 0 Å². The number of anilines is 1. The van der Waals surface area contributed by atoms with Gasteiger partial charge in [-0.25, -0.2) is 4.79 Å². The van der Waals surface area contributed by atoms with E-state index in [0.717, 1.165) is 11.3 Å². The number of carbonyl (C=O) groups is 1. The van der Waals surface area contributed by atoms with E-state index in [2.05, 4.69) is 6.92 Å². The van der Waals surface area contributed by atoms with Crippen LogP contribution in [0.2, 0.25) is 0 Å². The van der Waals surface area contributed by atoms with Crippen LogP contribution in [0.4, 0.5) is 10.5 Å². The zero-order valence-corrected chi connectivity index (χ0v) is 9.56. The van der Waals surface area contributed by atoms with E-state index in [4.69, 9.17) is 10.5 Å². The highest BCUT2D eigenvalue weighted by atomic mass is 16.6. The van der Waals surface area contributed by atoms with Gasteiger partial charge in [0.1, 0.15) is 6.61 Å². The van der Waals surface area contributed by atoms with Gasteiger partial charge in [0.05, 0.1) is 0 Å². The first-order valence-electron chi connectivity index (χ1n) is 5.25. The Morgan fingerprint density at radius 1 is 1.38 bits per heavy atom. The van der Waals surface area contributed by atoms with Crippen molar-refractivity contribution in [3.05, 3.63) is 29.8 Å². The van der Waals surface area contributed by atoms with Crippen LogP contribution in [0.25, 0.3) is 0 Å². The molecule has 1 saturated heterocycles. The molecular formula is C12H16N2O2. The van der Waals surface area contributed by atoms with Crippen molar-refractivity contribution < 1.29 is 9.53 Å². The normalized spacial score (nSPS) is 25.4. The van der Waals surface area contributed by atoms with E-state index in [1.807, 2.05) is 24.3 Å². The molecule has 1 atom stereocenters. The minimum Gasteiger partial charge on any atom is -0.448 e. The molecule has 4 heteroatoms. The van der Waals surface area contributed by atoms with E-state index >= 15 is 0 Å². The molecule has 1 fully saturated rings. The molecule has 0 aromatic heterocycles. The highest BCUT2D eigenvalue weighted by Gasteiger charge is 2.36. The van der Waals surface area contributed by atoms with Crippen molar-refractivity contribution in [1.82, 2.24) is 4.90 Å². The summed E-state index contributed by atoms with van der Waals surface area (Å²) in [6.07, 6.45) is -0.257. The number of carbonyl (C=O) groups excluding carboxylic acids is 1. The number of benzene rings is 1. The molecule has 0 bridgehead atoms. The Kier molecular flexibility index (Phi) is 2.50. The predicted octanol–water partition coefficient (Wildman–Crippen LogP) is 1.61. The van der Waals surface area contributed by atoms with Gasteiger partial charge in [0, 0.05) is 24.7 Å². The van der Waals surface area contributed by atoms with Crippen molar-refractivity contribution in [2.75, 3.05) is 25.9 Å². The van der Waals surface area contributed by atoms with Gasteiger partial charge >= 0.3 is 6.09 Å². The summed E-state index contributed by atoms with van der Waals surface area (Å²) in [6.45, 7) is 3.16. The maximum atomic E-state index is 11.3. The van der Waals surface area contributed by atoms with Gasteiger partial charge in [-0.2, -0.15) is 0 Å². The lowest BCUT2D eigenvalue weighted by atomic mass is 9.82. The Hall–Kier alpha value is -1.71. The molecular weight excluding hydrogens is 204 g/mol. The molecule has 4 nitrogen and oxygen atoms in total. The fourth-order valence-electron chi connectivity index (χ4n) is 2.02. The predicted molar refractivity (Wildman–Crippen MR) is 62.2 cm³/mol. The zero-order chi connectivity index (χ0) is 11.8. The fraction of sp³-hybridized carbons (Fsp3) is 0.417. The van der Waals surface area contributed by atoms with E-state index in [1.165, 1.54) is 0 Å². The van der Waals surface area contributed by atoms with Crippen LogP contribution in [0.1, 0.15) is 12.5 Å². The van der Waals surface area contributed by atoms with Crippen LogP contribution < -0.4 is 5.73 Å². The number of hydrogen-bond donors (Lipinski definition) is 1. The molecule has 0 radical (unpaired) electrons. The van der Waals surface area contributed by atoms with Crippen molar-refractivity contribution in [2.24, 2.45) is 0 Å². The van der Waals surface area contributed by atoms with Gasteiger partial charge in [-0.3, -0.25) is 0 Å². The third-order valence-corrected chi connectivity index (χ3v) is 3.02. The van der Waals surface area contributed by atoms with E-state index in [1.54, 1.807) is 11.9 Å². The standard InChI is InChI=1S/C12H16N2O2/c1-12(7-14(2)11(15)16-8-12)9-3-5-10(13)6-4-9/h3-6H,7-8,13H2,1-2H3. The number of nitrogens with zero attached hydrogens (tertiary/aromatic N) is 1. The van der Waals surface area contributed by atoms with Crippen LogP contribution in [0.15, 0.2) is 24.3 Å². The summed E-state index contributed by atoms with van der Waals surface area (Å²) in [5.74, 6) is 0. The number of ether oxygens (including phenoxy) is 1. The summed E-state index contributed by atoms with van der Waals surface area (Å²) in [6, 6.07) is 7.72. The minimum atomic E-state index is -0.257. The highest BCUT2D eigenvalue weighted by Crippen LogP contribution is 2.29. The van der Waals surface area contributed by atoms with Crippen LogP contribution >= 0.6 is 0 Å². The van der Waals surface area contributed by atoms with Gasteiger partial charge in [0.2, 0.25) is 0 Å². The number of hydrogen-bond acceptors (Lipinski definition) is 3. The molecule has 2 N–H and O–H groups in total. The minimum absolute atomic E-state index is 0.156. The highest BCUT2D eigenvalue weighted by molar-refractivity contribution is 5.68. The van der Waals surface area contributed by atoms with E-state index in [0.29, 0.717) is 13.2 Å². The lowest BCUT2D eigenvalue weighted by molar-refractivity contribution is 0.0430. The Morgan fingerprint density at radius 2 is 2.00 bits per heavy atom. The van der Waals surface area contributed by atoms with Crippen LogP contribution in [-0.2, 0) is 10.2 Å².